The van der Waals surface area contributed by atoms with E-state index in [4.69, 9.17) is 11.5 Å². The molecule has 18 heavy (non-hydrogen) atoms. The van der Waals surface area contributed by atoms with E-state index in [1.807, 2.05) is 26.0 Å². The maximum Gasteiger partial charge on any atom is 0.217 e. The van der Waals surface area contributed by atoms with Crippen LogP contribution in [0.15, 0.2) is 21.1 Å². The molecule has 1 aromatic carbocycles. The van der Waals surface area contributed by atoms with Gasteiger partial charge in [0, 0.05) is 21.4 Å². The molecule has 5 heteroatoms. The van der Waals surface area contributed by atoms with Gasteiger partial charge in [-0.25, -0.2) is 0 Å². The van der Waals surface area contributed by atoms with Crippen molar-refractivity contribution in [1.29, 1.82) is 0 Å². The predicted octanol–water partition coefficient (Wildman–Crippen LogP) is 3.42. The van der Waals surface area contributed by atoms with Crippen LogP contribution >= 0.6 is 31.9 Å². The Kier molecular flexibility index (Phi) is 5.82. The SMILES string of the molecule is Cc1cc(Br)c(C(N)CC(C)CC(N)=O)cc1Br. The van der Waals surface area contributed by atoms with Gasteiger partial charge in [0.15, 0.2) is 0 Å². The lowest BCUT2D eigenvalue weighted by Gasteiger charge is -2.19. The summed E-state index contributed by atoms with van der Waals surface area (Å²) in [6.45, 7) is 4.02. The van der Waals surface area contributed by atoms with Crippen LogP contribution in [0.2, 0.25) is 0 Å². The molecule has 0 bridgehead atoms. The van der Waals surface area contributed by atoms with E-state index >= 15 is 0 Å². The molecule has 0 fully saturated rings. The lowest BCUT2D eigenvalue weighted by Crippen LogP contribution is -2.19. The van der Waals surface area contributed by atoms with Crippen molar-refractivity contribution < 1.29 is 4.79 Å². The lowest BCUT2D eigenvalue weighted by molar-refractivity contribution is -0.118. The Labute approximate surface area is 125 Å². The average Bonchev–Trinajstić information content (AvgIpc) is 2.21. The Morgan fingerprint density at radius 2 is 1.94 bits per heavy atom. The van der Waals surface area contributed by atoms with Crippen LogP contribution in [0.4, 0.5) is 0 Å². The van der Waals surface area contributed by atoms with E-state index in [-0.39, 0.29) is 17.9 Å². The van der Waals surface area contributed by atoms with Crippen LogP contribution in [0.25, 0.3) is 0 Å². The third-order valence-corrected chi connectivity index (χ3v) is 4.42. The summed E-state index contributed by atoms with van der Waals surface area (Å²) in [5, 5.41) is 0. The molecule has 1 rings (SSSR count). The molecule has 0 aliphatic heterocycles. The predicted molar refractivity (Wildman–Crippen MR) is 81.1 cm³/mol. The highest BCUT2D eigenvalue weighted by Gasteiger charge is 2.16. The number of carbonyl (C=O) groups excluding carboxylic acids is 1. The van der Waals surface area contributed by atoms with Crippen molar-refractivity contribution in [1.82, 2.24) is 0 Å². The molecule has 0 aliphatic carbocycles. The minimum Gasteiger partial charge on any atom is -0.370 e. The van der Waals surface area contributed by atoms with E-state index in [9.17, 15) is 4.79 Å². The first kappa shape index (κ1) is 15.7. The zero-order valence-corrected chi connectivity index (χ0v) is 13.7. The Morgan fingerprint density at radius 1 is 1.33 bits per heavy atom. The highest BCUT2D eigenvalue weighted by atomic mass is 79.9. The molecule has 0 aliphatic rings. The summed E-state index contributed by atoms with van der Waals surface area (Å²) in [6.07, 6.45) is 1.11. The molecule has 0 saturated carbocycles. The second-order valence-electron chi connectivity index (χ2n) is 4.74. The normalized spacial score (nSPS) is 14.3. The van der Waals surface area contributed by atoms with Gasteiger partial charge in [0.2, 0.25) is 5.91 Å². The largest absolute Gasteiger partial charge is 0.370 e. The number of hydrogen-bond acceptors (Lipinski definition) is 2. The van der Waals surface area contributed by atoms with Crippen molar-refractivity contribution in [2.24, 2.45) is 17.4 Å². The van der Waals surface area contributed by atoms with Crippen LogP contribution in [-0.4, -0.2) is 5.91 Å². The van der Waals surface area contributed by atoms with Crippen LogP contribution < -0.4 is 11.5 Å². The molecule has 0 aromatic heterocycles. The molecule has 3 nitrogen and oxygen atoms in total. The van der Waals surface area contributed by atoms with Gasteiger partial charge in [-0.1, -0.05) is 38.8 Å². The van der Waals surface area contributed by atoms with Gasteiger partial charge >= 0.3 is 0 Å². The van der Waals surface area contributed by atoms with Crippen LogP contribution in [-0.2, 0) is 4.79 Å². The molecular formula is C13H18Br2N2O. The van der Waals surface area contributed by atoms with Crippen LogP contribution in [0.1, 0.15) is 36.9 Å². The van der Waals surface area contributed by atoms with Crippen LogP contribution in [0.5, 0.6) is 0 Å². The third kappa shape index (κ3) is 4.37. The molecule has 2 atom stereocenters. The van der Waals surface area contributed by atoms with Gasteiger partial charge in [-0.2, -0.15) is 0 Å². The first-order valence-electron chi connectivity index (χ1n) is 5.80. The van der Waals surface area contributed by atoms with Crippen molar-refractivity contribution >= 4 is 37.8 Å². The second kappa shape index (κ2) is 6.68. The van der Waals surface area contributed by atoms with E-state index in [1.165, 1.54) is 0 Å². The fourth-order valence-corrected chi connectivity index (χ4v) is 3.05. The minimum atomic E-state index is -0.279. The molecule has 4 N–H and O–H groups in total. The Bertz CT molecular complexity index is 449. The van der Waals surface area contributed by atoms with Gasteiger partial charge in [0.25, 0.3) is 0 Å². The first-order chi connectivity index (χ1) is 8.31. The molecule has 1 amide bonds. The summed E-state index contributed by atoms with van der Waals surface area (Å²) < 4.78 is 2.04. The van der Waals surface area contributed by atoms with Crippen LogP contribution in [0, 0.1) is 12.8 Å². The number of primary amides is 1. The number of amides is 1. The summed E-state index contributed by atoms with van der Waals surface area (Å²) in [7, 11) is 0. The monoisotopic (exact) mass is 376 g/mol. The van der Waals surface area contributed by atoms with E-state index in [1.54, 1.807) is 0 Å². The van der Waals surface area contributed by atoms with E-state index in [2.05, 4.69) is 31.9 Å². The standard InChI is InChI=1S/C13H18Br2N2O/c1-7(4-13(17)18)3-12(16)9-6-10(14)8(2)5-11(9)15/h5-7,12H,3-4,16H2,1-2H3,(H2,17,18). The molecule has 1 aromatic rings. The van der Waals surface area contributed by atoms with Crippen molar-refractivity contribution in [2.45, 2.75) is 32.7 Å². The quantitative estimate of drug-likeness (QED) is 0.825. The lowest BCUT2D eigenvalue weighted by atomic mass is 9.94. The van der Waals surface area contributed by atoms with Crippen molar-refractivity contribution in [3.8, 4) is 0 Å². The molecule has 0 spiro atoms. The third-order valence-electron chi connectivity index (χ3n) is 2.88. The van der Waals surface area contributed by atoms with Crippen molar-refractivity contribution in [3.63, 3.8) is 0 Å². The summed E-state index contributed by atoms with van der Waals surface area (Å²) in [6, 6.07) is 3.96. The summed E-state index contributed by atoms with van der Waals surface area (Å²) in [5.41, 5.74) is 13.6. The molecule has 100 valence electrons. The smallest absolute Gasteiger partial charge is 0.217 e. The summed E-state index contributed by atoms with van der Waals surface area (Å²) in [5.74, 6) is -0.0941. The van der Waals surface area contributed by atoms with E-state index < -0.39 is 0 Å². The number of benzene rings is 1. The highest BCUT2D eigenvalue weighted by Crippen LogP contribution is 2.31. The van der Waals surface area contributed by atoms with Gasteiger partial charge in [-0.3, -0.25) is 4.79 Å². The van der Waals surface area contributed by atoms with Crippen molar-refractivity contribution in [2.75, 3.05) is 0 Å². The van der Waals surface area contributed by atoms with Crippen molar-refractivity contribution in [3.05, 3.63) is 32.2 Å². The maximum atomic E-state index is 10.9. The number of nitrogens with two attached hydrogens (primary N) is 2. The van der Waals surface area contributed by atoms with Gasteiger partial charge in [-0.15, -0.1) is 0 Å². The fourth-order valence-electron chi connectivity index (χ4n) is 1.93. The van der Waals surface area contributed by atoms with Crippen LogP contribution in [0.3, 0.4) is 0 Å². The number of carbonyl (C=O) groups is 1. The Balaban J connectivity index is 2.81. The average molecular weight is 378 g/mol. The highest BCUT2D eigenvalue weighted by molar-refractivity contribution is 9.11. The molecule has 0 radical (unpaired) electrons. The van der Waals surface area contributed by atoms with Gasteiger partial charge in [0.05, 0.1) is 0 Å². The van der Waals surface area contributed by atoms with E-state index in [0.29, 0.717) is 6.42 Å². The molecule has 0 heterocycles. The number of halogens is 2. The maximum absolute atomic E-state index is 10.9. The Hall–Kier alpha value is -0.390. The number of aryl methyl sites for hydroxylation is 1. The molecular weight excluding hydrogens is 360 g/mol. The van der Waals surface area contributed by atoms with Gasteiger partial charge in [-0.05, 0) is 42.5 Å². The van der Waals surface area contributed by atoms with E-state index in [0.717, 1.165) is 26.5 Å². The molecule has 2 unspecified atom stereocenters. The number of hydrogen-bond donors (Lipinski definition) is 2. The van der Waals surface area contributed by atoms with Gasteiger partial charge in [0.1, 0.15) is 0 Å². The Morgan fingerprint density at radius 3 is 2.50 bits per heavy atom. The second-order valence-corrected chi connectivity index (χ2v) is 6.45. The fraction of sp³-hybridized carbons (Fsp3) is 0.462. The minimum absolute atomic E-state index is 0.106. The zero-order valence-electron chi connectivity index (χ0n) is 10.5. The summed E-state index contributed by atoms with van der Waals surface area (Å²) in [4.78, 5) is 10.9. The molecule has 0 saturated heterocycles. The first-order valence-corrected chi connectivity index (χ1v) is 7.39. The summed E-state index contributed by atoms with van der Waals surface area (Å²) >= 11 is 7.03. The zero-order chi connectivity index (χ0) is 13.9. The number of rotatable bonds is 5. The van der Waals surface area contributed by atoms with Gasteiger partial charge < -0.3 is 11.5 Å². The topological polar surface area (TPSA) is 69.1 Å².